The van der Waals surface area contributed by atoms with Gasteiger partial charge in [-0.3, -0.25) is 9.52 Å². The molecule has 9 heteroatoms. The Kier molecular flexibility index (Phi) is 8.70. The number of sulfonamides is 1. The molecule has 8 nitrogen and oxygen atoms in total. The molecular weight excluding hydrogens is 456 g/mol. The van der Waals surface area contributed by atoms with Crippen LogP contribution in [0.1, 0.15) is 38.2 Å². The molecule has 0 aliphatic carbocycles. The Balaban J connectivity index is 1.53. The van der Waals surface area contributed by atoms with Crippen molar-refractivity contribution in [2.45, 2.75) is 43.5 Å². The van der Waals surface area contributed by atoms with Crippen LogP contribution in [0.3, 0.4) is 0 Å². The van der Waals surface area contributed by atoms with Crippen molar-refractivity contribution in [1.29, 1.82) is 0 Å². The lowest BCUT2D eigenvalue weighted by Gasteiger charge is -2.35. The second kappa shape index (κ2) is 11.7. The molecule has 2 aromatic rings. The number of likely N-dealkylation sites (tertiary alicyclic amines) is 1. The SMILES string of the molecule is CCC1CCCCN1C(=O)COC(=O)/C=C/c1ccc(S(=O)(=O)Nc2ccc(OC)cc2)cc1. The molecule has 1 N–H and O–H groups in total. The van der Waals surface area contributed by atoms with Gasteiger partial charge in [-0.25, -0.2) is 13.2 Å². The second-order valence-electron chi connectivity index (χ2n) is 7.99. The Hall–Kier alpha value is -3.33. The smallest absolute Gasteiger partial charge is 0.331 e. The van der Waals surface area contributed by atoms with Gasteiger partial charge in [0.2, 0.25) is 0 Å². The first-order valence-corrected chi connectivity index (χ1v) is 12.7. The fraction of sp³-hybridized carbons (Fsp3) is 0.360. The zero-order chi connectivity index (χ0) is 24.6. The molecule has 1 atom stereocenters. The first-order chi connectivity index (χ1) is 16.3. The van der Waals surface area contributed by atoms with E-state index in [-0.39, 0.29) is 23.5 Å². The zero-order valence-corrected chi connectivity index (χ0v) is 20.2. The molecule has 0 radical (unpaired) electrons. The van der Waals surface area contributed by atoms with E-state index in [4.69, 9.17) is 9.47 Å². The molecule has 1 fully saturated rings. The minimum Gasteiger partial charge on any atom is -0.497 e. The van der Waals surface area contributed by atoms with Crippen molar-refractivity contribution < 1.29 is 27.5 Å². The number of amides is 1. The van der Waals surface area contributed by atoms with Crippen LogP contribution in [-0.2, 0) is 24.3 Å². The molecule has 0 bridgehead atoms. The summed E-state index contributed by atoms with van der Waals surface area (Å²) in [5.41, 5.74) is 1.03. The van der Waals surface area contributed by atoms with E-state index in [2.05, 4.69) is 11.6 Å². The molecule has 1 saturated heterocycles. The van der Waals surface area contributed by atoms with E-state index in [0.29, 0.717) is 23.5 Å². The third kappa shape index (κ3) is 6.84. The highest BCUT2D eigenvalue weighted by Gasteiger charge is 2.25. The number of hydrogen-bond donors (Lipinski definition) is 1. The molecule has 1 aliphatic rings. The van der Waals surface area contributed by atoms with E-state index in [1.165, 1.54) is 31.4 Å². The number of methoxy groups -OCH3 is 1. The number of hydrogen-bond acceptors (Lipinski definition) is 6. The summed E-state index contributed by atoms with van der Waals surface area (Å²) in [7, 11) is -2.23. The number of anilines is 1. The van der Waals surface area contributed by atoms with Crippen molar-refractivity contribution in [3.63, 3.8) is 0 Å². The van der Waals surface area contributed by atoms with E-state index in [0.717, 1.165) is 25.7 Å². The fourth-order valence-electron chi connectivity index (χ4n) is 3.81. The van der Waals surface area contributed by atoms with Crippen molar-refractivity contribution in [2.24, 2.45) is 0 Å². The van der Waals surface area contributed by atoms with Gasteiger partial charge in [-0.15, -0.1) is 0 Å². The first kappa shape index (κ1) is 25.3. The molecular formula is C25H30N2O6S. The summed E-state index contributed by atoms with van der Waals surface area (Å²) in [6.45, 7) is 2.47. The highest BCUT2D eigenvalue weighted by molar-refractivity contribution is 7.92. The van der Waals surface area contributed by atoms with Crippen molar-refractivity contribution >= 4 is 33.7 Å². The molecule has 34 heavy (non-hydrogen) atoms. The van der Waals surface area contributed by atoms with Crippen LogP contribution in [0.5, 0.6) is 5.75 Å². The van der Waals surface area contributed by atoms with Gasteiger partial charge in [0.1, 0.15) is 5.75 Å². The minimum atomic E-state index is -3.77. The number of ether oxygens (including phenoxy) is 2. The summed E-state index contributed by atoms with van der Waals surface area (Å²) in [4.78, 5) is 26.3. The Morgan fingerprint density at radius 3 is 2.44 bits per heavy atom. The van der Waals surface area contributed by atoms with Crippen molar-refractivity contribution in [2.75, 3.05) is 25.0 Å². The Labute approximate surface area is 200 Å². The van der Waals surface area contributed by atoms with Crippen LogP contribution < -0.4 is 9.46 Å². The fourth-order valence-corrected chi connectivity index (χ4v) is 4.87. The Bertz CT molecular complexity index is 1110. The predicted octanol–water partition coefficient (Wildman–Crippen LogP) is 3.84. The normalized spacial score (nSPS) is 16.3. The van der Waals surface area contributed by atoms with Gasteiger partial charge in [0, 0.05) is 24.4 Å². The summed E-state index contributed by atoms with van der Waals surface area (Å²) in [6.07, 6.45) is 6.69. The van der Waals surface area contributed by atoms with Crippen molar-refractivity contribution in [1.82, 2.24) is 4.90 Å². The van der Waals surface area contributed by atoms with Gasteiger partial charge in [-0.2, -0.15) is 0 Å². The number of nitrogens with zero attached hydrogens (tertiary/aromatic N) is 1. The highest BCUT2D eigenvalue weighted by atomic mass is 32.2. The molecule has 1 amide bonds. The first-order valence-electron chi connectivity index (χ1n) is 11.2. The number of carbonyl (C=O) groups excluding carboxylic acids is 2. The topological polar surface area (TPSA) is 102 Å². The summed E-state index contributed by atoms with van der Waals surface area (Å²) in [5, 5.41) is 0. The number of nitrogens with one attached hydrogen (secondary N) is 1. The second-order valence-corrected chi connectivity index (χ2v) is 9.67. The van der Waals surface area contributed by atoms with Gasteiger partial charge in [-0.05, 0) is 73.7 Å². The molecule has 0 saturated carbocycles. The van der Waals surface area contributed by atoms with Gasteiger partial charge in [0.25, 0.3) is 15.9 Å². The van der Waals surface area contributed by atoms with E-state index in [1.54, 1.807) is 41.3 Å². The Morgan fingerprint density at radius 2 is 1.79 bits per heavy atom. The Morgan fingerprint density at radius 1 is 1.09 bits per heavy atom. The van der Waals surface area contributed by atoms with Crippen LogP contribution in [0, 0.1) is 0 Å². The molecule has 3 rings (SSSR count). The molecule has 1 heterocycles. The largest absolute Gasteiger partial charge is 0.497 e. The van der Waals surface area contributed by atoms with Crippen LogP contribution in [0.15, 0.2) is 59.5 Å². The molecule has 0 spiro atoms. The van der Waals surface area contributed by atoms with E-state index in [1.807, 2.05) is 0 Å². The quantitative estimate of drug-likeness (QED) is 0.427. The number of piperidine rings is 1. The van der Waals surface area contributed by atoms with Crippen molar-refractivity contribution in [3.05, 3.63) is 60.2 Å². The average Bonchev–Trinajstić information content (AvgIpc) is 2.86. The van der Waals surface area contributed by atoms with Gasteiger partial charge >= 0.3 is 5.97 Å². The number of esters is 1. The summed E-state index contributed by atoms with van der Waals surface area (Å²) in [6, 6.07) is 12.8. The zero-order valence-electron chi connectivity index (χ0n) is 19.4. The predicted molar refractivity (Wildman–Crippen MR) is 130 cm³/mol. The van der Waals surface area contributed by atoms with E-state index >= 15 is 0 Å². The molecule has 0 aromatic heterocycles. The number of carbonyl (C=O) groups is 2. The third-order valence-electron chi connectivity index (χ3n) is 5.70. The maximum Gasteiger partial charge on any atom is 0.331 e. The summed E-state index contributed by atoms with van der Waals surface area (Å²) in [5.74, 6) is -0.179. The van der Waals surface area contributed by atoms with Crippen LogP contribution in [0.25, 0.3) is 6.08 Å². The van der Waals surface area contributed by atoms with Gasteiger partial charge < -0.3 is 14.4 Å². The maximum absolute atomic E-state index is 12.6. The molecule has 2 aromatic carbocycles. The lowest BCUT2D eigenvalue weighted by atomic mass is 10.00. The van der Waals surface area contributed by atoms with Crippen LogP contribution in [-0.4, -0.2) is 51.5 Å². The van der Waals surface area contributed by atoms with Gasteiger partial charge in [0.15, 0.2) is 6.61 Å². The number of rotatable bonds is 9. The van der Waals surface area contributed by atoms with Crippen LogP contribution in [0.2, 0.25) is 0 Å². The molecule has 1 unspecified atom stereocenters. The number of benzene rings is 2. The summed E-state index contributed by atoms with van der Waals surface area (Å²) >= 11 is 0. The molecule has 182 valence electrons. The minimum absolute atomic E-state index is 0.0839. The van der Waals surface area contributed by atoms with Gasteiger partial charge in [-0.1, -0.05) is 19.1 Å². The van der Waals surface area contributed by atoms with E-state index < -0.39 is 16.0 Å². The maximum atomic E-state index is 12.6. The van der Waals surface area contributed by atoms with Crippen LogP contribution >= 0.6 is 0 Å². The monoisotopic (exact) mass is 486 g/mol. The van der Waals surface area contributed by atoms with Crippen LogP contribution in [0.4, 0.5) is 5.69 Å². The molecule has 1 aliphatic heterocycles. The average molecular weight is 487 g/mol. The third-order valence-corrected chi connectivity index (χ3v) is 7.10. The lowest BCUT2D eigenvalue weighted by molar-refractivity contribution is -0.150. The standard InChI is InChI=1S/C25H30N2O6S/c1-3-21-6-4-5-17-27(21)24(28)18-33-25(29)16-9-19-7-14-23(15-8-19)34(30,31)26-20-10-12-22(32-2)13-11-20/h7-16,21,26H,3-6,17-18H2,1-2H3/b16-9+. The van der Waals surface area contributed by atoms with Gasteiger partial charge in [0.05, 0.1) is 12.0 Å². The van der Waals surface area contributed by atoms with E-state index in [9.17, 15) is 18.0 Å². The lowest BCUT2D eigenvalue weighted by Crippen LogP contribution is -2.45. The van der Waals surface area contributed by atoms with Crippen molar-refractivity contribution in [3.8, 4) is 5.75 Å². The highest BCUT2D eigenvalue weighted by Crippen LogP contribution is 2.21. The summed E-state index contributed by atoms with van der Waals surface area (Å²) < 4.78 is 37.8.